The number of aromatic nitrogens is 1. The zero-order valence-electron chi connectivity index (χ0n) is 16.7. The van der Waals surface area contributed by atoms with Crippen LogP contribution in [-0.2, 0) is 10.0 Å². The molecule has 7 heteroatoms. The van der Waals surface area contributed by atoms with Crippen molar-refractivity contribution in [1.29, 1.82) is 0 Å². The minimum atomic E-state index is -4.20. The molecule has 4 rings (SSSR count). The summed E-state index contributed by atoms with van der Waals surface area (Å²) < 4.78 is 38.6. The molecule has 6 nitrogen and oxygen atoms in total. The normalized spacial score (nSPS) is 13.9. The van der Waals surface area contributed by atoms with Gasteiger partial charge in [0.15, 0.2) is 11.5 Å². The molecule has 0 aliphatic heterocycles. The SMILES string of the molecule is COc1ccc(S(=O)(=O)n2c(C3=CCCC=C3)cc3ccccc3c2=O)cc1OC. The topological polar surface area (TPSA) is 74.6 Å². The molecule has 0 saturated carbocycles. The van der Waals surface area contributed by atoms with Gasteiger partial charge < -0.3 is 9.47 Å². The fourth-order valence-corrected chi connectivity index (χ4v) is 5.01. The first kappa shape index (κ1) is 20.0. The fraction of sp³-hybridized carbons (Fsp3) is 0.174. The second-order valence-electron chi connectivity index (χ2n) is 6.85. The van der Waals surface area contributed by atoms with Crippen LogP contribution >= 0.6 is 0 Å². The van der Waals surface area contributed by atoms with E-state index in [0.29, 0.717) is 27.8 Å². The summed E-state index contributed by atoms with van der Waals surface area (Å²) in [5.41, 5.74) is 0.454. The zero-order valence-corrected chi connectivity index (χ0v) is 17.5. The Balaban J connectivity index is 2.04. The van der Waals surface area contributed by atoms with E-state index < -0.39 is 15.6 Å². The van der Waals surface area contributed by atoms with Crippen LogP contribution in [0.4, 0.5) is 0 Å². The Morgan fingerprint density at radius 2 is 1.70 bits per heavy atom. The lowest BCUT2D eigenvalue weighted by atomic mass is 10.0. The minimum Gasteiger partial charge on any atom is -0.493 e. The van der Waals surface area contributed by atoms with Crippen molar-refractivity contribution >= 4 is 26.4 Å². The molecule has 3 aromatic rings. The summed E-state index contributed by atoms with van der Waals surface area (Å²) in [6.07, 6.45) is 7.44. The van der Waals surface area contributed by atoms with Crippen LogP contribution in [0.3, 0.4) is 0 Å². The van der Waals surface area contributed by atoms with Gasteiger partial charge in [0.1, 0.15) is 0 Å². The minimum absolute atomic E-state index is 0.0563. The first-order chi connectivity index (χ1) is 14.5. The van der Waals surface area contributed by atoms with Crippen molar-refractivity contribution in [3.05, 3.63) is 82.8 Å². The number of pyridine rings is 1. The maximum Gasteiger partial charge on any atom is 0.272 e. The van der Waals surface area contributed by atoms with Crippen molar-refractivity contribution in [2.75, 3.05) is 14.2 Å². The maximum atomic E-state index is 13.6. The van der Waals surface area contributed by atoms with Gasteiger partial charge in [-0.15, -0.1) is 0 Å². The average Bonchev–Trinajstić information content (AvgIpc) is 2.78. The molecule has 1 aromatic heterocycles. The van der Waals surface area contributed by atoms with E-state index in [4.69, 9.17) is 9.47 Å². The Morgan fingerprint density at radius 1 is 0.933 bits per heavy atom. The van der Waals surface area contributed by atoms with Crippen molar-refractivity contribution in [1.82, 2.24) is 3.97 Å². The number of fused-ring (bicyclic) bond motifs is 1. The summed E-state index contributed by atoms with van der Waals surface area (Å²) in [6, 6.07) is 13.0. The van der Waals surface area contributed by atoms with E-state index in [9.17, 15) is 13.2 Å². The number of nitrogens with zero attached hydrogens (tertiary/aromatic N) is 1. The molecule has 0 saturated heterocycles. The number of hydrogen-bond acceptors (Lipinski definition) is 5. The summed E-state index contributed by atoms with van der Waals surface area (Å²) in [5.74, 6) is 0.672. The first-order valence-corrected chi connectivity index (χ1v) is 10.9. The third kappa shape index (κ3) is 3.31. The van der Waals surface area contributed by atoms with Gasteiger partial charge in [-0.1, -0.05) is 36.4 Å². The Morgan fingerprint density at radius 3 is 2.40 bits per heavy atom. The zero-order chi connectivity index (χ0) is 21.3. The third-order valence-electron chi connectivity index (χ3n) is 5.07. The van der Waals surface area contributed by atoms with Gasteiger partial charge in [0.2, 0.25) is 0 Å². The molecule has 2 aromatic carbocycles. The van der Waals surface area contributed by atoms with E-state index in [1.165, 1.54) is 32.4 Å². The van der Waals surface area contributed by atoms with Crippen molar-refractivity contribution in [3.63, 3.8) is 0 Å². The van der Waals surface area contributed by atoms with Crippen LogP contribution in [-0.4, -0.2) is 26.6 Å². The van der Waals surface area contributed by atoms with Gasteiger partial charge in [-0.05, 0) is 48.1 Å². The van der Waals surface area contributed by atoms with Gasteiger partial charge in [-0.25, -0.2) is 8.42 Å². The van der Waals surface area contributed by atoms with Crippen LogP contribution in [0.15, 0.2) is 76.4 Å². The molecular weight excluding hydrogens is 402 g/mol. The van der Waals surface area contributed by atoms with E-state index in [0.717, 1.165) is 16.8 Å². The number of benzene rings is 2. The molecule has 0 spiro atoms. The highest BCUT2D eigenvalue weighted by molar-refractivity contribution is 7.90. The fourth-order valence-electron chi connectivity index (χ4n) is 3.57. The van der Waals surface area contributed by atoms with Crippen LogP contribution in [0, 0.1) is 0 Å². The van der Waals surface area contributed by atoms with Gasteiger partial charge in [0.25, 0.3) is 15.6 Å². The van der Waals surface area contributed by atoms with Crippen LogP contribution in [0.5, 0.6) is 11.5 Å². The molecule has 0 amide bonds. The van der Waals surface area contributed by atoms with E-state index in [1.807, 2.05) is 24.3 Å². The molecular formula is C23H21NO5S. The van der Waals surface area contributed by atoms with Gasteiger partial charge in [-0.3, -0.25) is 4.79 Å². The second kappa shape index (κ2) is 7.84. The van der Waals surface area contributed by atoms with Crippen molar-refractivity contribution in [3.8, 4) is 11.5 Å². The van der Waals surface area contributed by atoms with Crippen molar-refractivity contribution in [2.24, 2.45) is 0 Å². The Labute approximate surface area is 174 Å². The number of ether oxygens (including phenoxy) is 2. The van der Waals surface area contributed by atoms with Gasteiger partial charge >= 0.3 is 0 Å². The molecule has 30 heavy (non-hydrogen) atoms. The predicted molar refractivity (Wildman–Crippen MR) is 117 cm³/mol. The Kier molecular flexibility index (Phi) is 5.22. The Hall–Kier alpha value is -3.32. The lowest BCUT2D eigenvalue weighted by molar-refractivity contribution is 0.354. The number of hydrogen-bond donors (Lipinski definition) is 0. The van der Waals surface area contributed by atoms with Gasteiger partial charge in [-0.2, -0.15) is 3.97 Å². The molecule has 0 atom stereocenters. The van der Waals surface area contributed by atoms with E-state index in [2.05, 4.69) is 0 Å². The standard InChI is InChI=1S/C23H21NO5S/c1-28-21-13-12-18(15-22(21)29-2)30(26,27)24-20(16-8-4-3-5-9-16)14-17-10-6-7-11-19(17)23(24)25/h4,6-15H,3,5H2,1-2H3. The van der Waals surface area contributed by atoms with Crippen LogP contribution in [0.25, 0.3) is 16.3 Å². The maximum absolute atomic E-state index is 13.6. The highest BCUT2D eigenvalue weighted by atomic mass is 32.2. The third-order valence-corrected chi connectivity index (χ3v) is 6.76. The summed E-state index contributed by atoms with van der Waals surface area (Å²) in [4.78, 5) is 13.3. The molecule has 1 heterocycles. The number of rotatable bonds is 5. The molecule has 154 valence electrons. The molecule has 0 N–H and O–H groups in total. The largest absolute Gasteiger partial charge is 0.493 e. The molecule has 0 bridgehead atoms. The van der Waals surface area contributed by atoms with Gasteiger partial charge in [0.05, 0.1) is 24.8 Å². The van der Waals surface area contributed by atoms with Crippen LogP contribution in [0.2, 0.25) is 0 Å². The number of methoxy groups -OCH3 is 2. The first-order valence-electron chi connectivity index (χ1n) is 9.47. The van der Waals surface area contributed by atoms with Crippen molar-refractivity contribution in [2.45, 2.75) is 17.7 Å². The summed E-state index contributed by atoms with van der Waals surface area (Å²) in [5, 5.41) is 1.03. The lowest BCUT2D eigenvalue weighted by Crippen LogP contribution is -2.30. The summed E-state index contributed by atoms with van der Waals surface area (Å²) in [7, 11) is -1.30. The molecule has 0 radical (unpaired) electrons. The van der Waals surface area contributed by atoms with Crippen LogP contribution in [0.1, 0.15) is 18.5 Å². The lowest BCUT2D eigenvalue weighted by Gasteiger charge is -2.18. The predicted octanol–water partition coefficient (Wildman–Crippen LogP) is 3.99. The van der Waals surface area contributed by atoms with E-state index >= 15 is 0 Å². The van der Waals surface area contributed by atoms with Crippen molar-refractivity contribution < 1.29 is 17.9 Å². The molecule has 0 fully saturated rings. The average molecular weight is 423 g/mol. The van der Waals surface area contributed by atoms with Gasteiger partial charge in [0, 0.05) is 11.5 Å². The highest BCUT2D eigenvalue weighted by Gasteiger charge is 2.26. The summed E-state index contributed by atoms with van der Waals surface area (Å²) >= 11 is 0. The van der Waals surface area contributed by atoms with E-state index in [-0.39, 0.29) is 10.6 Å². The number of allylic oxidation sites excluding steroid dienone is 4. The highest BCUT2D eigenvalue weighted by Crippen LogP contribution is 2.32. The summed E-state index contributed by atoms with van der Waals surface area (Å²) in [6.45, 7) is 0. The molecule has 1 aliphatic rings. The quantitative estimate of drug-likeness (QED) is 0.620. The molecule has 0 unspecified atom stereocenters. The molecule has 1 aliphatic carbocycles. The van der Waals surface area contributed by atoms with Crippen LogP contribution < -0.4 is 15.0 Å². The monoisotopic (exact) mass is 423 g/mol. The second-order valence-corrected chi connectivity index (χ2v) is 8.63. The smallest absolute Gasteiger partial charge is 0.272 e. The van der Waals surface area contributed by atoms with E-state index in [1.54, 1.807) is 24.3 Å². The Bertz CT molecular complexity index is 1350.